The van der Waals surface area contributed by atoms with Crippen molar-refractivity contribution in [3.8, 4) is 0 Å². The molecule has 6 nitrogen and oxygen atoms in total. The van der Waals surface area contributed by atoms with Gasteiger partial charge in [0.15, 0.2) is 0 Å². The van der Waals surface area contributed by atoms with E-state index >= 15 is 0 Å². The molecule has 2 heterocycles. The Balaban J connectivity index is 2.02. The fraction of sp³-hybridized carbons (Fsp3) is 0.188. The van der Waals surface area contributed by atoms with Gasteiger partial charge in [0.05, 0.1) is 26.8 Å². The Bertz CT molecular complexity index is 1120. The summed E-state index contributed by atoms with van der Waals surface area (Å²) >= 11 is 13.3. The van der Waals surface area contributed by atoms with Crippen LogP contribution >= 0.6 is 34.5 Å². The van der Waals surface area contributed by atoms with E-state index in [-0.39, 0.29) is 10.1 Å². The average Bonchev–Trinajstić information content (AvgIpc) is 3.14. The SMILES string of the molecule is Cc1sc(S(=O)(=O)Nc2ccc(Cl)c3c(Cl)c[nH]c23)cc1C(=O)N(C)C. The largest absolute Gasteiger partial charge is 0.358 e. The normalized spacial score (nSPS) is 11.7. The number of carbonyl (C=O) groups excluding carboxylic acids is 1. The van der Waals surface area contributed by atoms with E-state index in [1.807, 2.05) is 0 Å². The highest BCUT2D eigenvalue weighted by atomic mass is 35.5. The minimum absolute atomic E-state index is 0.0564. The van der Waals surface area contributed by atoms with Gasteiger partial charge in [0.1, 0.15) is 4.21 Å². The number of fused-ring (bicyclic) bond motifs is 1. The van der Waals surface area contributed by atoms with Crippen molar-refractivity contribution >= 4 is 67.1 Å². The lowest BCUT2D eigenvalue weighted by atomic mass is 10.2. The third kappa shape index (κ3) is 3.29. The summed E-state index contributed by atoms with van der Waals surface area (Å²) in [4.78, 5) is 17.1. The zero-order valence-corrected chi connectivity index (χ0v) is 17.2. The molecule has 0 aliphatic carbocycles. The number of hydrogen-bond acceptors (Lipinski definition) is 4. The molecule has 1 aromatic carbocycles. The molecule has 3 aromatic rings. The molecular weight excluding hydrogens is 417 g/mol. The van der Waals surface area contributed by atoms with Crippen LogP contribution in [-0.2, 0) is 10.0 Å². The number of aryl methyl sites for hydroxylation is 1. The Morgan fingerprint density at radius 1 is 1.23 bits per heavy atom. The molecule has 10 heteroatoms. The van der Waals surface area contributed by atoms with Crippen molar-refractivity contribution in [3.05, 3.63) is 44.9 Å². The van der Waals surface area contributed by atoms with Crippen LogP contribution in [0.4, 0.5) is 5.69 Å². The molecule has 0 fully saturated rings. The number of aromatic nitrogens is 1. The summed E-state index contributed by atoms with van der Waals surface area (Å²) in [7, 11) is -0.645. The number of sulfonamides is 1. The number of nitrogens with one attached hydrogen (secondary N) is 2. The first kappa shape index (κ1) is 19.0. The second-order valence-corrected chi connectivity index (χ2v) is 9.80. The first-order chi connectivity index (χ1) is 12.1. The summed E-state index contributed by atoms with van der Waals surface area (Å²) < 4.78 is 28.2. The Hall–Kier alpha value is -1.74. The monoisotopic (exact) mass is 431 g/mol. The predicted octanol–water partition coefficient (Wildman–Crippen LogP) is 4.35. The summed E-state index contributed by atoms with van der Waals surface area (Å²) in [6.07, 6.45) is 1.54. The fourth-order valence-electron chi connectivity index (χ4n) is 2.49. The van der Waals surface area contributed by atoms with E-state index < -0.39 is 10.0 Å². The molecule has 3 rings (SSSR count). The number of halogens is 2. The van der Waals surface area contributed by atoms with Gasteiger partial charge in [0, 0.05) is 30.6 Å². The molecule has 0 spiro atoms. The number of benzene rings is 1. The Morgan fingerprint density at radius 2 is 1.92 bits per heavy atom. The highest BCUT2D eigenvalue weighted by Gasteiger charge is 2.24. The Kier molecular flexibility index (Phi) is 4.96. The second-order valence-electron chi connectivity index (χ2n) is 5.82. The number of carbonyl (C=O) groups is 1. The number of thiophene rings is 1. The maximum Gasteiger partial charge on any atom is 0.271 e. The number of amides is 1. The zero-order valence-electron chi connectivity index (χ0n) is 14.1. The summed E-state index contributed by atoms with van der Waals surface area (Å²) in [6, 6.07) is 4.52. The Labute approximate surface area is 164 Å². The van der Waals surface area contributed by atoms with Crippen LogP contribution in [0.3, 0.4) is 0 Å². The van der Waals surface area contributed by atoms with Crippen molar-refractivity contribution in [3.63, 3.8) is 0 Å². The summed E-state index contributed by atoms with van der Waals surface area (Å²) in [5, 5.41) is 1.36. The lowest BCUT2D eigenvalue weighted by Gasteiger charge is -2.09. The summed E-state index contributed by atoms with van der Waals surface area (Å²) in [5.74, 6) is -0.245. The van der Waals surface area contributed by atoms with Gasteiger partial charge >= 0.3 is 0 Å². The lowest BCUT2D eigenvalue weighted by Crippen LogP contribution is -2.21. The standard InChI is InChI=1S/C16H15Cl2N3O3S2/c1-8-9(16(22)21(2)3)6-13(25-8)26(23,24)20-12-5-4-10(17)14-11(18)7-19-15(12)14/h4-7,19-20H,1-3H3. The van der Waals surface area contributed by atoms with Crippen LogP contribution in [0.2, 0.25) is 10.0 Å². The van der Waals surface area contributed by atoms with Crippen LogP contribution in [0.15, 0.2) is 28.6 Å². The van der Waals surface area contributed by atoms with Gasteiger partial charge in [-0.3, -0.25) is 9.52 Å². The number of H-pyrrole nitrogens is 1. The molecular formula is C16H15Cl2N3O3S2. The van der Waals surface area contributed by atoms with E-state index in [9.17, 15) is 13.2 Å². The molecule has 0 aliphatic heterocycles. The molecule has 0 aliphatic rings. The van der Waals surface area contributed by atoms with Crippen LogP contribution in [-0.4, -0.2) is 38.3 Å². The molecule has 0 saturated heterocycles. The first-order valence-corrected chi connectivity index (χ1v) is 10.5. The quantitative estimate of drug-likeness (QED) is 0.643. The number of aromatic amines is 1. The van der Waals surface area contributed by atoms with Gasteiger partial charge in [0.2, 0.25) is 0 Å². The summed E-state index contributed by atoms with van der Waals surface area (Å²) in [5.41, 5.74) is 1.18. The van der Waals surface area contributed by atoms with Crippen molar-refractivity contribution in [2.75, 3.05) is 18.8 Å². The molecule has 0 radical (unpaired) electrons. The first-order valence-electron chi connectivity index (χ1n) is 7.42. The average molecular weight is 432 g/mol. The molecule has 26 heavy (non-hydrogen) atoms. The number of hydrogen-bond donors (Lipinski definition) is 2. The van der Waals surface area contributed by atoms with Crippen molar-refractivity contribution in [2.45, 2.75) is 11.1 Å². The number of rotatable bonds is 4. The minimum atomic E-state index is -3.88. The van der Waals surface area contributed by atoms with E-state index in [0.717, 1.165) is 11.3 Å². The van der Waals surface area contributed by atoms with Crippen molar-refractivity contribution < 1.29 is 13.2 Å². The van der Waals surface area contributed by atoms with Crippen LogP contribution in [0, 0.1) is 6.92 Å². The molecule has 138 valence electrons. The molecule has 0 saturated carbocycles. The zero-order chi connectivity index (χ0) is 19.2. The van der Waals surface area contributed by atoms with Crippen LogP contribution < -0.4 is 4.72 Å². The lowest BCUT2D eigenvalue weighted by molar-refractivity contribution is 0.0827. The van der Waals surface area contributed by atoms with Crippen molar-refractivity contribution in [2.24, 2.45) is 0 Å². The van der Waals surface area contributed by atoms with Gasteiger partial charge < -0.3 is 9.88 Å². The van der Waals surface area contributed by atoms with Gasteiger partial charge in [-0.25, -0.2) is 8.42 Å². The highest BCUT2D eigenvalue weighted by Crippen LogP contribution is 2.36. The van der Waals surface area contributed by atoms with Crippen molar-refractivity contribution in [1.82, 2.24) is 9.88 Å². The maximum absolute atomic E-state index is 12.8. The van der Waals surface area contributed by atoms with E-state index in [0.29, 0.717) is 37.1 Å². The third-order valence-electron chi connectivity index (χ3n) is 3.78. The third-order valence-corrected chi connectivity index (χ3v) is 7.28. The fourth-order valence-corrected chi connectivity index (χ4v) is 5.55. The molecule has 0 bridgehead atoms. The van der Waals surface area contributed by atoms with Gasteiger partial charge in [-0.1, -0.05) is 23.2 Å². The molecule has 0 unspecified atom stereocenters. The smallest absolute Gasteiger partial charge is 0.271 e. The minimum Gasteiger partial charge on any atom is -0.358 e. The van der Waals surface area contributed by atoms with E-state index in [4.69, 9.17) is 23.2 Å². The molecule has 2 aromatic heterocycles. The van der Waals surface area contributed by atoms with E-state index in [2.05, 4.69) is 9.71 Å². The van der Waals surface area contributed by atoms with Gasteiger partial charge in [-0.2, -0.15) is 0 Å². The number of nitrogens with zero attached hydrogens (tertiary/aromatic N) is 1. The highest BCUT2D eigenvalue weighted by molar-refractivity contribution is 7.94. The molecule has 0 atom stereocenters. The van der Waals surface area contributed by atoms with E-state index in [1.165, 1.54) is 11.0 Å². The van der Waals surface area contributed by atoms with Crippen LogP contribution in [0.1, 0.15) is 15.2 Å². The number of anilines is 1. The topological polar surface area (TPSA) is 82.3 Å². The van der Waals surface area contributed by atoms with Crippen LogP contribution in [0.5, 0.6) is 0 Å². The Morgan fingerprint density at radius 3 is 2.58 bits per heavy atom. The van der Waals surface area contributed by atoms with Crippen molar-refractivity contribution in [1.29, 1.82) is 0 Å². The van der Waals surface area contributed by atoms with Gasteiger partial charge in [-0.05, 0) is 25.1 Å². The molecule has 1 amide bonds. The predicted molar refractivity (Wildman–Crippen MR) is 106 cm³/mol. The summed E-state index contributed by atoms with van der Waals surface area (Å²) in [6.45, 7) is 1.71. The van der Waals surface area contributed by atoms with Gasteiger partial charge in [-0.15, -0.1) is 11.3 Å². The maximum atomic E-state index is 12.8. The molecule has 2 N–H and O–H groups in total. The van der Waals surface area contributed by atoms with E-state index in [1.54, 1.807) is 39.3 Å². The van der Waals surface area contributed by atoms with Crippen LogP contribution in [0.25, 0.3) is 10.9 Å². The second kappa shape index (κ2) is 6.77. The van der Waals surface area contributed by atoms with Gasteiger partial charge in [0.25, 0.3) is 15.9 Å².